The van der Waals surface area contributed by atoms with Crippen molar-refractivity contribution in [3.8, 4) is 11.1 Å². The summed E-state index contributed by atoms with van der Waals surface area (Å²) in [6.45, 7) is 0. The standard InChI is InChI=1S/C25H18O/c1-2-7-19(8-3-1)20-15-13-18(14-16-20)17-21-9-6-11-23-22-10-4-5-12-24(22)26-25(21)23/h1-16H,17H2. The van der Waals surface area contributed by atoms with Gasteiger partial charge in [-0.15, -0.1) is 0 Å². The summed E-state index contributed by atoms with van der Waals surface area (Å²) in [6, 6.07) is 34.0. The molecule has 0 atom stereocenters. The van der Waals surface area contributed by atoms with E-state index in [1.807, 2.05) is 18.2 Å². The van der Waals surface area contributed by atoms with Crippen LogP contribution >= 0.6 is 0 Å². The molecule has 0 saturated heterocycles. The molecule has 0 bridgehead atoms. The van der Waals surface area contributed by atoms with Gasteiger partial charge in [0.2, 0.25) is 0 Å². The average molecular weight is 334 g/mol. The maximum atomic E-state index is 6.15. The topological polar surface area (TPSA) is 13.1 Å². The van der Waals surface area contributed by atoms with Gasteiger partial charge in [0.1, 0.15) is 11.2 Å². The van der Waals surface area contributed by atoms with Crippen LogP contribution in [0.4, 0.5) is 0 Å². The number of hydrogen-bond donors (Lipinski definition) is 0. The average Bonchev–Trinajstić information content (AvgIpc) is 3.09. The van der Waals surface area contributed by atoms with E-state index in [9.17, 15) is 0 Å². The van der Waals surface area contributed by atoms with E-state index < -0.39 is 0 Å². The molecule has 1 heteroatoms. The van der Waals surface area contributed by atoms with Gasteiger partial charge in [-0.05, 0) is 28.3 Å². The third-order valence-electron chi connectivity index (χ3n) is 4.94. The predicted octanol–water partition coefficient (Wildman–Crippen LogP) is 6.84. The number of hydrogen-bond acceptors (Lipinski definition) is 1. The summed E-state index contributed by atoms with van der Waals surface area (Å²) in [5.74, 6) is 0. The molecule has 5 rings (SSSR count). The Morgan fingerprint density at radius 1 is 0.538 bits per heavy atom. The summed E-state index contributed by atoms with van der Waals surface area (Å²) in [4.78, 5) is 0. The first kappa shape index (κ1) is 15.0. The van der Waals surface area contributed by atoms with Gasteiger partial charge in [0.05, 0.1) is 0 Å². The predicted molar refractivity (Wildman–Crippen MR) is 108 cm³/mol. The van der Waals surface area contributed by atoms with Crippen LogP contribution in [0.15, 0.2) is 101 Å². The Bertz CT molecular complexity index is 1180. The molecular weight excluding hydrogens is 316 g/mol. The van der Waals surface area contributed by atoms with Gasteiger partial charge < -0.3 is 4.42 Å². The van der Waals surface area contributed by atoms with E-state index in [1.54, 1.807) is 0 Å². The Kier molecular flexibility index (Phi) is 3.57. The molecule has 1 heterocycles. The molecule has 0 radical (unpaired) electrons. The molecule has 26 heavy (non-hydrogen) atoms. The Morgan fingerprint density at radius 2 is 1.23 bits per heavy atom. The second-order valence-electron chi connectivity index (χ2n) is 6.63. The molecule has 0 unspecified atom stereocenters. The van der Waals surface area contributed by atoms with Gasteiger partial charge in [0.15, 0.2) is 0 Å². The number of rotatable bonds is 3. The second kappa shape index (κ2) is 6.20. The highest BCUT2D eigenvalue weighted by Gasteiger charge is 2.10. The summed E-state index contributed by atoms with van der Waals surface area (Å²) in [5.41, 5.74) is 6.97. The monoisotopic (exact) mass is 334 g/mol. The summed E-state index contributed by atoms with van der Waals surface area (Å²) in [6.07, 6.45) is 0.867. The molecule has 4 aromatic carbocycles. The van der Waals surface area contributed by atoms with E-state index in [2.05, 4.69) is 78.9 Å². The number of furan rings is 1. The van der Waals surface area contributed by atoms with Crippen molar-refractivity contribution in [2.24, 2.45) is 0 Å². The van der Waals surface area contributed by atoms with Crippen LogP contribution in [0.3, 0.4) is 0 Å². The molecular formula is C25H18O. The smallest absolute Gasteiger partial charge is 0.138 e. The maximum Gasteiger partial charge on any atom is 0.138 e. The molecule has 0 aliphatic heterocycles. The van der Waals surface area contributed by atoms with Gasteiger partial charge in [0, 0.05) is 17.2 Å². The van der Waals surface area contributed by atoms with Crippen LogP contribution in [-0.2, 0) is 6.42 Å². The van der Waals surface area contributed by atoms with Crippen LogP contribution < -0.4 is 0 Å². The highest BCUT2D eigenvalue weighted by molar-refractivity contribution is 6.05. The zero-order valence-corrected chi connectivity index (χ0v) is 14.4. The summed E-state index contributed by atoms with van der Waals surface area (Å²) >= 11 is 0. The lowest BCUT2D eigenvalue weighted by Crippen LogP contribution is -1.89. The van der Waals surface area contributed by atoms with Crippen molar-refractivity contribution in [2.75, 3.05) is 0 Å². The largest absolute Gasteiger partial charge is 0.456 e. The minimum atomic E-state index is 0.867. The molecule has 0 N–H and O–H groups in total. The fraction of sp³-hybridized carbons (Fsp3) is 0.0400. The van der Waals surface area contributed by atoms with Gasteiger partial charge >= 0.3 is 0 Å². The minimum Gasteiger partial charge on any atom is -0.456 e. The van der Waals surface area contributed by atoms with E-state index in [0.717, 1.165) is 17.6 Å². The van der Waals surface area contributed by atoms with Gasteiger partial charge in [-0.3, -0.25) is 0 Å². The van der Waals surface area contributed by atoms with Gasteiger partial charge in [-0.25, -0.2) is 0 Å². The quantitative estimate of drug-likeness (QED) is 0.352. The SMILES string of the molecule is c1ccc(-c2ccc(Cc3cccc4c3oc3ccccc34)cc2)cc1. The lowest BCUT2D eigenvalue weighted by molar-refractivity contribution is 0.664. The highest BCUT2D eigenvalue weighted by atomic mass is 16.3. The summed E-state index contributed by atoms with van der Waals surface area (Å²) in [7, 11) is 0. The normalized spacial score (nSPS) is 11.2. The molecule has 0 fully saturated rings. The van der Waals surface area contributed by atoms with Gasteiger partial charge in [0.25, 0.3) is 0 Å². The van der Waals surface area contributed by atoms with E-state index >= 15 is 0 Å². The lowest BCUT2D eigenvalue weighted by atomic mass is 9.99. The van der Waals surface area contributed by atoms with Crippen LogP contribution in [0, 0.1) is 0 Å². The van der Waals surface area contributed by atoms with E-state index in [0.29, 0.717) is 0 Å². The minimum absolute atomic E-state index is 0.867. The number of para-hydroxylation sites is 2. The van der Waals surface area contributed by atoms with Crippen molar-refractivity contribution in [3.63, 3.8) is 0 Å². The van der Waals surface area contributed by atoms with Crippen molar-refractivity contribution in [1.82, 2.24) is 0 Å². The van der Waals surface area contributed by atoms with Crippen molar-refractivity contribution >= 4 is 21.9 Å². The van der Waals surface area contributed by atoms with Crippen molar-refractivity contribution < 1.29 is 4.42 Å². The van der Waals surface area contributed by atoms with E-state index in [1.165, 1.54) is 33.0 Å². The second-order valence-corrected chi connectivity index (χ2v) is 6.63. The molecule has 5 aromatic rings. The van der Waals surface area contributed by atoms with Crippen molar-refractivity contribution in [3.05, 3.63) is 108 Å². The van der Waals surface area contributed by atoms with Crippen LogP contribution in [0.1, 0.15) is 11.1 Å². The first-order valence-electron chi connectivity index (χ1n) is 8.92. The zero-order chi connectivity index (χ0) is 17.3. The van der Waals surface area contributed by atoms with Crippen LogP contribution in [0.2, 0.25) is 0 Å². The Labute approximate surface area is 152 Å². The summed E-state index contributed by atoms with van der Waals surface area (Å²) < 4.78 is 6.15. The van der Waals surface area contributed by atoms with E-state index in [4.69, 9.17) is 4.42 Å². The number of fused-ring (bicyclic) bond motifs is 3. The fourth-order valence-corrected chi connectivity index (χ4v) is 3.61. The number of benzene rings is 4. The molecule has 0 saturated carbocycles. The van der Waals surface area contributed by atoms with Gasteiger partial charge in [-0.2, -0.15) is 0 Å². The third kappa shape index (κ3) is 2.58. The Morgan fingerprint density at radius 3 is 2.08 bits per heavy atom. The molecule has 124 valence electrons. The lowest BCUT2D eigenvalue weighted by Gasteiger charge is -2.06. The van der Waals surface area contributed by atoms with Crippen LogP contribution in [-0.4, -0.2) is 0 Å². The highest BCUT2D eigenvalue weighted by Crippen LogP contribution is 2.31. The molecule has 0 aliphatic carbocycles. The summed E-state index contributed by atoms with van der Waals surface area (Å²) in [5, 5.41) is 2.38. The van der Waals surface area contributed by atoms with Crippen molar-refractivity contribution in [1.29, 1.82) is 0 Å². The molecule has 1 nitrogen and oxygen atoms in total. The third-order valence-corrected chi connectivity index (χ3v) is 4.94. The Hall–Kier alpha value is -3.32. The maximum absolute atomic E-state index is 6.15. The first-order chi connectivity index (χ1) is 12.9. The van der Waals surface area contributed by atoms with Gasteiger partial charge in [-0.1, -0.05) is 91.0 Å². The van der Waals surface area contributed by atoms with Crippen molar-refractivity contribution in [2.45, 2.75) is 6.42 Å². The van der Waals surface area contributed by atoms with Crippen LogP contribution in [0.5, 0.6) is 0 Å². The van der Waals surface area contributed by atoms with Crippen LogP contribution in [0.25, 0.3) is 33.1 Å². The molecule has 0 amide bonds. The first-order valence-corrected chi connectivity index (χ1v) is 8.92. The fourth-order valence-electron chi connectivity index (χ4n) is 3.61. The molecule has 0 spiro atoms. The molecule has 1 aromatic heterocycles. The van der Waals surface area contributed by atoms with E-state index in [-0.39, 0.29) is 0 Å². The molecule has 0 aliphatic rings. The Balaban J connectivity index is 1.51. The zero-order valence-electron chi connectivity index (χ0n) is 14.4.